The van der Waals surface area contributed by atoms with E-state index in [9.17, 15) is 0 Å². The second kappa shape index (κ2) is 10.3. The molecule has 134 valence electrons. The van der Waals surface area contributed by atoms with Crippen molar-refractivity contribution in [1.82, 2.24) is 10.2 Å². The van der Waals surface area contributed by atoms with Gasteiger partial charge in [-0.1, -0.05) is 37.3 Å². The van der Waals surface area contributed by atoms with Crippen LogP contribution in [-0.4, -0.2) is 50.8 Å². The van der Waals surface area contributed by atoms with E-state index in [1.807, 2.05) is 0 Å². The van der Waals surface area contributed by atoms with E-state index in [0.717, 1.165) is 44.7 Å². The molecule has 4 heteroatoms. The van der Waals surface area contributed by atoms with Gasteiger partial charge in [-0.3, -0.25) is 4.99 Å². The van der Waals surface area contributed by atoms with Crippen molar-refractivity contribution in [3.05, 3.63) is 35.9 Å². The van der Waals surface area contributed by atoms with Crippen molar-refractivity contribution in [2.45, 2.75) is 39.0 Å². The number of aliphatic imine (C=N–C) groups is 1. The fraction of sp³-hybridized carbons (Fsp3) is 0.650. The van der Waals surface area contributed by atoms with Gasteiger partial charge in [-0.05, 0) is 37.7 Å². The Labute approximate surface area is 147 Å². The van der Waals surface area contributed by atoms with Gasteiger partial charge in [0.05, 0.1) is 0 Å². The van der Waals surface area contributed by atoms with Gasteiger partial charge in [-0.15, -0.1) is 0 Å². The maximum Gasteiger partial charge on any atom is 0.193 e. The van der Waals surface area contributed by atoms with E-state index in [4.69, 9.17) is 9.73 Å². The van der Waals surface area contributed by atoms with Gasteiger partial charge >= 0.3 is 0 Å². The van der Waals surface area contributed by atoms with Crippen molar-refractivity contribution in [3.63, 3.8) is 0 Å². The van der Waals surface area contributed by atoms with Gasteiger partial charge in [0, 0.05) is 45.8 Å². The first-order valence-electron chi connectivity index (χ1n) is 9.32. The molecular weight excluding hydrogens is 298 g/mol. The highest BCUT2D eigenvalue weighted by Crippen LogP contribution is 2.19. The molecule has 0 aromatic heterocycles. The molecule has 0 aliphatic carbocycles. The van der Waals surface area contributed by atoms with E-state index in [1.165, 1.54) is 24.8 Å². The zero-order chi connectivity index (χ0) is 17.2. The lowest BCUT2D eigenvalue weighted by molar-refractivity contribution is 0.0625. The summed E-state index contributed by atoms with van der Waals surface area (Å²) in [4.78, 5) is 7.13. The largest absolute Gasteiger partial charge is 0.381 e. The molecule has 1 saturated heterocycles. The third-order valence-electron chi connectivity index (χ3n) is 4.79. The number of ether oxygens (including phenoxy) is 1. The Morgan fingerprint density at radius 3 is 2.67 bits per heavy atom. The van der Waals surface area contributed by atoms with Crippen molar-refractivity contribution in [3.8, 4) is 0 Å². The van der Waals surface area contributed by atoms with Gasteiger partial charge in [-0.2, -0.15) is 0 Å². The van der Waals surface area contributed by atoms with Gasteiger partial charge in [-0.25, -0.2) is 0 Å². The molecule has 1 fully saturated rings. The van der Waals surface area contributed by atoms with Crippen LogP contribution in [0.2, 0.25) is 0 Å². The number of nitrogens with zero attached hydrogens (tertiary/aromatic N) is 2. The summed E-state index contributed by atoms with van der Waals surface area (Å²) in [6.07, 6.45) is 3.62. The molecule has 2 rings (SSSR count). The Hall–Kier alpha value is -1.55. The molecule has 0 radical (unpaired) electrons. The van der Waals surface area contributed by atoms with Crippen LogP contribution in [0.3, 0.4) is 0 Å². The van der Waals surface area contributed by atoms with E-state index in [1.54, 1.807) is 0 Å². The average molecular weight is 332 g/mol. The lowest BCUT2D eigenvalue weighted by Crippen LogP contribution is -2.40. The van der Waals surface area contributed by atoms with Gasteiger partial charge in [0.2, 0.25) is 0 Å². The fourth-order valence-corrected chi connectivity index (χ4v) is 3.10. The van der Waals surface area contributed by atoms with Gasteiger partial charge in [0.1, 0.15) is 0 Å². The highest BCUT2D eigenvalue weighted by atomic mass is 16.5. The molecule has 0 amide bonds. The highest BCUT2D eigenvalue weighted by molar-refractivity contribution is 5.79. The predicted molar refractivity (Wildman–Crippen MR) is 102 cm³/mol. The maximum atomic E-state index is 5.45. The molecule has 1 aliphatic rings. The molecular formula is C20H33N3O. The molecule has 1 N–H and O–H groups in total. The first-order chi connectivity index (χ1) is 11.7. The van der Waals surface area contributed by atoms with Crippen LogP contribution in [0, 0.1) is 5.92 Å². The van der Waals surface area contributed by atoms with Crippen LogP contribution in [0.1, 0.15) is 44.6 Å². The van der Waals surface area contributed by atoms with Crippen molar-refractivity contribution < 1.29 is 4.74 Å². The molecule has 24 heavy (non-hydrogen) atoms. The molecule has 0 bridgehead atoms. The molecule has 1 heterocycles. The van der Waals surface area contributed by atoms with E-state index >= 15 is 0 Å². The quantitative estimate of drug-likeness (QED) is 0.614. The molecule has 1 aromatic carbocycles. The summed E-state index contributed by atoms with van der Waals surface area (Å²) in [7, 11) is 2.15. The highest BCUT2D eigenvalue weighted by Gasteiger charge is 2.15. The fourth-order valence-electron chi connectivity index (χ4n) is 3.10. The van der Waals surface area contributed by atoms with Crippen LogP contribution >= 0.6 is 0 Å². The lowest BCUT2D eigenvalue weighted by Gasteiger charge is -2.27. The van der Waals surface area contributed by atoms with E-state index in [0.29, 0.717) is 5.92 Å². The molecule has 1 atom stereocenters. The molecule has 0 saturated carbocycles. The van der Waals surface area contributed by atoms with E-state index in [2.05, 4.69) is 61.4 Å². The lowest BCUT2D eigenvalue weighted by atomic mass is 9.96. The summed E-state index contributed by atoms with van der Waals surface area (Å²) in [5, 5.41) is 3.43. The predicted octanol–water partition coefficient (Wildman–Crippen LogP) is 3.50. The first-order valence-corrected chi connectivity index (χ1v) is 9.32. The number of nitrogens with one attached hydrogen (secondary N) is 1. The minimum absolute atomic E-state index is 0.434. The summed E-state index contributed by atoms with van der Waals surface area (Å²) in [6.45, 7) is 8.99. The Morgan fingerprint density at radius 2 is 2.00 bits per heavy atom. The average Bonchev–Trinajstić information content (AvgIpc) is 2.64. The smallest absolute Gasteiger partial charge is 0.193 e. The van der Waals surface area contributed by atoms with Crippen LogP contribution in [-0.2, 0) is 4.74 Å². The normalized spacial score (nSPS) is 17.5. The molecule has 1 aliphatic heterocycles. The summed E-state index contributed by atoms with van der Waals surface area (Å²) in [6, 6.07) is 10.6. The van der Waals surface area contributed by atoms with Crippen molar-refractivity contribution >= 4 is 5.96 Å². The molecule has 4 nitrogen and oxygen atoms in total. The van der Waals surface area contributed by atoms with Crippen LogP contribution in [0.25, 0.3) is 0 Å². The standard InChI is InChI=1S/C20H33N3O/c1-4-21-20(22-16-17(2)19-8-6-5-7-9-19)23(3)13-10-18-11-14-24-15-12-18/h5-9,17-18H,4,10-16H2,1-3H3,(H,21,22). The SMILES string of the molecule is CCNC(=NCC(C)c1ccccc1)N(C)CCC1CCOCC1. The second-order valence-corrected chi connectivity index (χ2v) is 6.77. The molecule has 0 spiro atoms. The van der Waals surface area contributed by atoms with E-state index in [-0.39, 0.29) is 0 Å². The zero-order valence-corrected chi connectivity index (χ0v) is 15.5. The van der Waals surface area contributed by atoms with E-state index < -0.39 is 0 Å². The van der Waals surface area contributed by atoms with Crippen LogP contribution in [0.15, 0.2) is 35.3 Å². The summed E-state index contributed by atoms with van der Waals surface area (Å²) in [5.74, 6) is 2.25. The summed E-state index contributed by atoms with van der Waals surface area (Å²) < 4.78 is 5.45. The van der Waals surface area contributed by atoms with Crippen LogP contribution in [0.4, 0.5) is 0 Å². The minimum Gasteiger partial charge on any atom is -0.381 e. The Kier molecular flexibility index (Phi) is 8.10. The zero-order valence-electron chi connectivity index (χ0n) is 15.5. The van der Waals surface area contributed by atoms with Gasteiger partial charge in [0.25, 0.3) is 0 Å². The first kappa shape index (κ1) is 18.8. The second-order valence-electron chi connectivity index (χ2n) is 6.77. The Balaban J connectivity index is 1.86. The molecule has 1 aromatic rings. The van der Waals surface area contributed by atoms with Crippen LogP contribution in [0.5, 0.6) is 0 Å². The molecule has 1 unspecified atom stereocenters. The Morgan fingerprint density at radius 1 is 1.29 bits per heavy atom. The number of hydrogen-bond donors (Lipinski definition) is 1. The topological polar surface area (TPSA) is 36.9 Å². The maximum absolute atomic E-state index is 5.45. The summed E-state index contributed by atoms with van der Waals surface area (Å²) >= 11 is 0. The van der Waals surface area contributed by atoms with Gasteiger partial charge < -0.3 is 15.0 Å². The van der Waals surface area contributed by atoms with Crippen molar-refractivity contribution in [1.29, 1.82) is 0 Å². The van der Waals surface area contributed by atoms with Crippen molar-refractivity contribution in [2.24, 2.45) is 10.9 Å². The number of guanidine groups is 1. The monoisotopic (exact) mass is 331 g/mol. The number of benzene rings is 1. The minimum atomic E-state index is 0.434. The van der Waals surface area contributed by atoms with Gasteiger partial charge in [0.15, 0.2) is 5.96 Å². The third kappa shape index (κ3) is 6.16. The van der Waals surface area contributed by atoms with Crippen molar-refractivity contribution in [2.75, 3.05) is 39.9 Å². The summed E-state index contributed by atoms with van der Waals surface area (Å²) in [5.41, 5.74) is 1.35. The number of rotatable bonds is 7. The Bertz CT molecular complexity index is 483. The number of hydrogen-bond acceptors (Lipinski definition) is 2. The third-order valence-corrected chi connectivity index (χ3v) is 4.79. The van der Waals surface area contributed by atoms with Crippen LogP contribution < -0.4 is 5.32 Å².